The summed E-state index contributed by atoms with van der Waals surface area (Å²) < 4.78 is 0. The number of rotatable bonds is 4. The quantitative estimate of drug-likeness (QED) is 0.344. The molecule has 2 N–H and O–H groups in total. The van der Waals surface area contributed by atoms with Gasteiger partial charge in [0.1, 0.15) is 11.6 Å². The van der Waals surface area contributed by atoms with Crippen molar-refractivity contribution in [2.75, 3.05) is 0 Å². The fraction of sp³-hybridized carbons (Fsp3) is 0.696. The molecule has 0 bridgehead atoms. The van der Waals surface area contributed by atoms with Crippen molar-refractivity contribution in [1.29, 1.82) is 0 Å². The first-order chi connectivity index (χ1) is 12.5. The second kappa shape index (κ2) is 12.6. The summed E-state index contributed by atoms with van der Waals surface area (Å²) in [6.45, 7) is 23.6. The van der Waals surface area contributed by atoms with E-state index in [1.807, 2.05) is 17.0 Å². The van der Waals surface area contributed by atoms with E-state index in [1.54, 1.807) is 0 Å². The molecule has 4 nitrogen and oxygen atoms in total. The molecule has 1 amide bonds. The van der Waals surface area contributed by atoms with Gasteiger partial charge in [0.15, 0.2) is 0 Å². The molecule has 0 heterocycles. The Labute approximate surface area is 195 Å². The largest absolute Gasteiger partial charge is 0.368 e. The van der Waals surface area contributed by atoms with E-state index in [2.05, 4.69) is 81.4 Å². The SMILES string of the molecule is CC(C)N(C(=O)c1ccccc1[PH+](C(C)(C)C)C(C)(C)C)C(C)C.CC(O)O.[Ag]. The average Bonchev–Trinajstić information content (AvgIpc) is 2.43. The van der Waals surface area contributed by atoms with Crippen LogP contribution in [0.1, 0.15) is 86.5 Å². The predicted molar refractivity (Wildman–Crippen MR) is 124 cm³/mol. The van der Waals surface area contributed by atoms with Crippen molar-refractivity contribution >= 4 is 19.1 Å². The summed E-state index contributed by atoms with van der Waals surface area (Å²) in [4.78, 5) is 15.4. The molecule has 1 radical (unpaired) electrons. The molecule has 1 rings (SSSR count). The molecule has 0 saturated carbocycles. The maximum atomic E-state index is 13.3. The van der Waals surface area contributed by atoms with E-state index in [9.17, 15) is 4.79 Å². The van der Waals surface area contributed by atoms with Crippen LogP contribution in [-0.2, 0) is 22.4 Å². The van der Waals surface area contributed by atoms with Gasteiger partial charge in [0.05, 0.1) is 15.9 Å². The first-order valence-corrected chi connectivity index (χ1v) is 11.7. The second-order valence-electron chi connectivity index (χ2n) is 9.95. The van der Waals surface area contributed by atoms with Crippen molar-refractivity contribution in [1.82, 2.24) is 4.90 Å². The third-order valence-corrected chi connectivity index (χ3v) is 8.25. The molecule has 0 spiro atoms. The van der Waals surface area contributed by atoms with E-state index in [0.717, 1.165) is 5.56 Å². The molecule has 6 heteroatoms. The summed E-state index contributed by atoms with van der Waals surface area (Å²) in [7, 11) is -0.959. The molecular formula is C23H43AgNO3P+. The molecule has 0 aliphatic carbocycles. The van der Waals surface area contributed by atoms with Gasteiger partial charge < -0.3 is 15.1 Å². The zero-order chi connectivity index (χ0) is 22.4. The molecule has 0 aliphatic rings. The van der Waals surface area contributed by atoms with Crippen molar-refractivity contribution in [3.05, 3.63) is 29.8 Å². The number of hydrogen-bond donors (Lipinski definition) is 2. The Bertz CT molecular complexity index is 595. The fourth-order valence-corrected chi connectivity index (χ4v) is 8.61. The van der Waals surface area contributed by atoms with Crippen LogP contribution in [0.4, 0.5) is 0 Å². The Morgan fingerprint density at radius 1 is 0.862 bits per heavy atom. The topological polar surface area (TPSA) is 60.8 Å². The zero-order valence-corrected chi connectivity index (χ0v) is 22.6. The number of aliphatic hydroxyl groups excluding tert-OH is 1. The van der Waals surface area contributed by atoms with Gasteiger partial charge in [-0.05, 0) is 88.3 Å². The Morgan fingerprint density at radius 2 is 1.21 bits per heavy atom. The normalized spacial score (nSPS) is 12.0. The predicted octanol–water partition coefficient (Wildman–Crippen LogP) is 4.70. The Morgan fingerprint density at radius 3 is 1.52 bits per heavy atom. The van der Waals surface area contributed by atoms with Crippen LogP contribution in [0.3, 0.4) is 0 Å². The van der Waals surface area contributed by atoms with Gasteiger partial charge in [-0.25, -0.2) is 0 Å². The number of benzene rings is 1. The monoisotopic (exact) mass is 519 g/mol. The van der Waals surface area contributed by atoms with Gasteiger partial charge in [-0.2, -0.15) is 0 Å². The summed E-state index contributed by atoms with van der Waals surface area (Å²) in [5.74, 6) is 0.173. The third kappa shape index (κ3) is 10.1. The van der Waals surface area contributed by atoms with Crippen LogP contribution in [0, 0.1) is 0 Å². The molecule has 0 unspecified atom stereocenters. The van der Waals surface area contributed by atoms with Crippen LogP contribution in [0.25, 0.3) is 0 Å². The molecule has 0 aliphatic heterocycles. The maximum Gasteiger partial charge on any atom is 0.258 e. The van der Waals surface area contributed by atoms with Crippen LogP contribution in [0.15, 0.2) is 24.3 Å². The summed E-state index contributed by atoms with van der Waals surface area (Å²) in [5, 5.41) is 16.9. The second-order valence-corrected chi connectivity index (χ2v) is 14.2. The molecule has 0 atom stereocenters. The minimum Gasteiger partial charge on any atom is -0.368 e. The molecule has 1 aromatic carbocycles. The van der Waals surface area contributed by atoms with Crippen molar-refractivity contribution in [3.63, 3.8) is 0 Å². The van der Waals surface area contributed by atoms with Crippen LogP contribution in [0.2, 0.25) is 0 Å². The summed E-state index contributed by atoms with van der Waals surface area (Å²) >= 11 is 0. The van der Waals surface area contributed by atoms with Crippen molar-refractivity contribution < 1.29 is 37.4 Å². The van der Waals surface area contributed by atoms with Crippen molar-refractivity contribution in [2.24, 2.45) is 0 Å². The minimum atomic E-state index is -1.17. The van der Waals surface area contributed by atoms with E-state index >= 15 is 0 Å². The number of nitrogens with zero attached hydrogens (tertiary/aromatic N) is 1. The number of carbonyl (C=O) groups excluding carboxylic acids is 1. The molecule has 0 saturated heterocycles. The molecule has 29 heavy (non-hydrogen) atoms. The fourth-order valence-electron chi connectivity index (χ4n) is 4.03. The molecule has 173 valence electrons. The van der Waals surface area contributed by atoms with Gasteiger partial charge >= 0.3 is 0 Å². The van der Waals surface area contributed by atoms with Crippen molar-refractivity contribution in [3.8, 4) is 0 Å². The zero-order valence-electron chi connectivity index (χ0n) is 20.1. The van der Waals surface area contributed by atoms with Gasteiger partial charge in [0.2, 0.25) is 0 Å². The van der Waals surface area contributed by atoms with Crippen LogP contribution in [0.5, 0.6) is 0 Å². The van der Waals surface area contributed by atoms with E-state index in [4.69, 9.17) is 10.2 Å². The Hall–Kier alpha value is -0.220. The Kier molecular flexibility index (Phi) is 13.4. The minimum absolute atomic E-state index is 0. The average molecular weight is 520 g/mol. The van der Waals surface area contributed by atoms with E-state index in [-0.39, 0.29) is 50.7 Å². The molecule has 0 fully saturated rings. The van der Waals surface area contributed by atoms with Crippen LogP contribution in [-0.4, -0.2) is 49.7 Å². The number of hydrogen-bond acceptors (Lipinski definition) is 3. The molecule has 0 aromatic heterocycles. The van der Waals surface area contributed by atoms with Gasteiger partial charge in [0, 0.05) is 42.4 Å². The van der Waals surface area contributed by atoms with Crippen molar-refractivity contribution in [2.45, 2.75) is 105 Å². The maximum absolute atomic E-state index is 13.3. The van der Waals surface area contributed by atoms with Gasteiger partial charge in [-0.1, -0.05) is 12.1 Å². The smallest absolute Gasteiger partial charge is 0.258 e. The summed E-state index contributed by atoms with van der Waals surface area (Å²) in [5.41, 5.74) is 0.902. The first kappa shape index (κ1) is 31.0. The van der Waals surface area contributed by atoms with E-state index in [1.165, 1.54) is 12.2 Å². The number of amides is 1. The summed E-state index contributed by atoms with van der Waals surface area (Å²) in [6.07, 6.45) is -1.17. The van der Waals surface area contributed by atoms with Crippen LogP contribution >= 0.6 is 7.92 Å². The van der Waals surface area contributed by atoms with Gasteiger partial charge in [-0.15, -0.1) is 0 Å². The van der Waals surface area contributed by atoms with Gasteiger partial charge in [0.25, 0.3) is 5.91 Å². The van der Waals surface area contributed by atoms with E-state index in [0.29, 0.717) is 0 Å². The summed E-state index contributed by atoms with van der Waals surface area (Å²) in [6, 6.07) is 8.70. The van der Waals surface area contributed by atoms with Gasteiger partial charge in [-0.3, -0.25) is 4.79 Å². The first-order valence-electron chi connectivity index (χ1n) is 10.2. The third-order valence-electron chi connectivity index (χ3n) is 4.27. The number of aliphatic hydroxyl groups is 2. The standard InChI is InChI=1S/C21H36NOP.C2H6O2.Ag/c1-15(2)22(16(3)4)19(23)17-13-11-12-14-18(17)24(20(5,6)7)21(8,9)10;1-2(3)4;/h11-16H,1-10H3;2-4H,1H3;/p+1. The number of carbonyl (C=O) groups is 1. The molecular weight excluding hydrogens is 477 g/mol. The van der Waals surface area contributed by atoms with E-state index < -0.39 is 14.2 Å². The Balaban J connectivity index is 0. The van der Waals surface area contributed by atoms with Crippen LogP contribution < -0.4 is 5.30 Å². The molecule has 1 aromatic rings.